The third kappa shape index (κ3) is 3.74. The maximum Gasteiger partial charge on any atom is 0.223 e. The molecule has 2 unspecified atom stereocenters. The third-order valence-electron chi connectivity index (χ3n) is 8.88. The molecule has 1 aromatic rings. The van der Waals surface area contributed by atoms with E-state index in [4.69, 9.17) is 17.3 Å². The van der Waals surface area contributed by atoms with Gasteiger partial charge in [-0.05, 0) is 99.3 Å². The summed E-state index contributed by atoms with van der Waals surface area (Å²) in [5, 5.41) is 0.501. The first-order valence-corrected chi connectivity index (χ1v) is 13.5. The van der Waals surface area contributed by atoms with Gasteiger partial charge in [-0.2, -0.15) is 0 Å². The van der Waals surface area contributed by atoms with Crippen molar-refractivity contribution < 1.29 is 18.0 Å². The van der Waals surface area contributed by atoms with Crippen molar-refractivity contribution in [3.05, 3.63) is 29.3 Å². The Kier molecular flexibility index (Phi) is 5.06. The molecule has 5 nitrogen and oxygen atoms in total. The summed E-state index contributed by atoms with van der Waals surface area (Å²) in [6.07, 6.45) is 7.35. The topological polar surface area (TPSA) is 94.3 Å². The molecule has 7 heteroatoms. The van der Waals surface area contributed by atoms with Crippen LogP contribution in [0.25, 0.3) is 0 Å². The maximum absolute atomic E-state index is 13.3. The average molecular weight is 464 g/mol. The second-order valence-electron chi connectivity index (χ2n) is 10.7. The molecule has 5 aliphatic rings. The van der Waals surface area contributed by atoms with Gasteiger partial charge in [0.2, 0.25) is 5.91 Å². The number of sulfone groups is 1. The molecule has 0 heterocycles. The van der Waals surface area contributed by atoms with E-state index in [-0.39, 0.29) is 27.8 Å². The normalized spacial score (nSPS) is 35.1. The van der Waals surface area contributed by atoms with E-state index >= 15 is 0 Å². The van der Waals surface area contributed by atoms with E-state index in [1.165, 1.54) is 12.1 Å². The Labute approximate surface area is 189 Å². The van der Waals surface area contributed by atoms with Crippen LogP contribution in [0.5, 0.6) is 0 Å². The lowest BCUT2D eigenvalue weighted by atomic mass is 9.45. The Morgan fingerprint density at radius 3 is 2.19 bits per heavy atom. The van der Waals surface area contributed by atoms with Crippen molar-refractivity contribution in [2.75, 3.05) is 5.75 Å². The molecule has 6 rings (SSSR count). The van der Waals surface area contributed by atoms with Crippen LogP contribution in [0.2, 0.25) is 5.02 Å². The minimum Gasteiger partial charge on any atom is -0.369 e. The number of benzene rings is 1. The molecule has 0 spiro atoms. The minimum atomic E-state index is -3.43. The highest BCUT2D eigenvalue weighted by atomic mass is 35.5. The number of nitrogens with two attached hydrogens (primary N) is 1. The molecule has 0 radical (unpaired) electrons. The van der Waals surface area contributed by atoms with Crippen LogP contribution >= 0.6 is 11.6 Å². The summed E-state index contributed by atoms with van der Waals surface area (Å²) in [6, 6.07) is 6.22. The SMILES string of the molecule is NC(=O)C12CC3CC(C1)C(CC(=O)C1(CCS(=O)(=O)c4ccc(Cl)cc4)CC1)C(C3)C2. The lowest BCUT2D eigenvalue weighted by Gasteiger charge is -2.59. The number of amides is 1. The lowest BCUT2D eigenvalue weighted by Crippen LogP contribution is -2.56. The van der Waals surface area contributed by atoms with Gasteiger partial charge in [0.1, 0.15) is 5.78 Å². The van der Waals surface area contributed by atoms with Crippen molar-refractivity contribution in [1.82, 2.24) is 0 Å². The predicted octanol–water partition coefficient (Wildman–Crippen LogP) is 4.17. The smallest absolute Gasteiger partial charge is 0.223 e. The van der Waals surface area contributed by atoms with Crippen LogP contribution in [0, 0.1) is 34.5 Å². The summed E-state index contributed by atoms with van der Waals surface area (Å²) < 4.78 is 25.5. The van der Waals surface area contributed by atoms with E-state index < -0.39 is 15.3 Å². The van der Waals surface area contributed by atoms with E-state index in [0.717, 1.165) is 44.9 Å². The number of ketones is 1. The van der Waals surface area contributed by atoms with Gasteiger partial charge in [-0.1, -0.05) is 11.6 Å². The molecule has 5 saturated carbocycles. The van der Waals surface area contributed by atoms with Gasteiger partial charge in [0.15, 0.2) is 9.84 Å². The van der Waals surface area contributed by atoms with E-state index in [1.54, 1.807) is 12.1 Å². The molecule has 168 valence electrons. The first kappa shape index (κ1) is 21.4. The Morgan fingerprint density at radius 1 is 1.03 bits per heavy atom. The molecule has 2 atom stereocenters. The summed E-state index contributed by atoms with van der Waals surface area (Å²) >= 11 is 5.87. The van der Waals surface area contributed by atoms with Crippen LogP contribution in [0.3, 0.4) is 0 Å². The number of carbonyl (C=O) groups excluding carboxylic acids is 2. The number of carbonyl (C=O) groups is 2. The zero-order valence-corrected chi connectivity index (χ0v) is 19.3. The fraction of sp³-hybridized carbons (Fsp3) is 0.667. The van der Waals surface area contributed by atoms with Crippen LogP contribution in [-0.4, -0.2) is 25.9 Å². The lowest BCUT2D eigenvalue weighted by molar-refractivity contribution is -0.152. The number of primary amides is 1. The Bertz CT molecular complexity index is 999. The monoisotopic (exact) mass is 463 g/mol. The molecule has 5 aliphatic carbocycles. The summed E-state index contributed by atoms with van der Waals surface area (Å²) in [6.45, 7) is 0. The van der Waals surface area contributed by atoms with Crippen molar-refractivity contribution in [2.24, 2.45) is 40.2 Å². The maximum atomic E-state index is 13.3. The summed E-state index contributed by atoms with van der Waals surface area (Å²) in [4.78, 5) is 25.7. The quantitative estimate of drug-likeness (QED) is 0.625. The van der Waals surface area contributed by atoms with Crippen molar-refractivity contribution in [3.8, 4) is 0 Å². The molecule has 1 aromatic carbocycles. The molecular weight excluding hydrogens is 434 g/mol. The number of Topliss-reactive ketones (excluding diaryl/α,β-unsaturated/α-hetero) is 1. The number of halogens is 1. The van der Waals surface area contributed by atoms with Crippen LogP contribution in [0.4, 0.5) is 0 Å². The molecule has 1 amide bonds. The average Bonchev–Trinajstić information content (AvgIpc) is 3.50. The second kappa shape index (κ2) is 7.31. The minimum absolute atomic E-state index is 0.00917. The van der Waals surface area contributed by atoms with Gasteiger partial charge >= 0.3 is 0 Å². The molecule has 4 bridgehead atoms. The van der Waals surface area contributed by atoms with Crippen molar-refractivity contribution in [2.45, 2.75) is 62.7 Å². The van der Waals surface area contributed by atoms with Gasteiger partial charge in [0.05, 0.1) is 10.6 Å². The van der Waals surface area contributed by atoms with Crippen molar-refractivity contribution in [3.63, 3.8) is 0 Å². The fourth-order valence-electron chi connectivity index (χ4n) is 7.10. The molecule has 0 aromatic heterocycles. The molecule has 0 saturated heterocycles. The van der Waals surface area contributed by atoms with Gasteiger partial charge < -0.3 is 5.73 Å². The number of rotatable bonds is 8. The van der Waals surface area contributed by atoms with E-state index in [9.17, 15) is 18.0 Å². The van der Waals surface area contributed by atoms with Crippen molar-refractivity contribution in [1.29, 1.82) is 0 Å². The number of hydrogen-bond donors (Lipinski definition) is 1. The van der Waals surface area contributed by atoms with Gasteiger partial charge in [0, 0.05) is 22.3 Å². The standard InChI is InChI=1S/C24H30ClNO4S/c25-18-1-3-19(4-2-18)31(29,30)8-7-23(5-6-23)21(27)11-20-16-9-15-10-17(20)14-24(12-15,13-16)22(26)28/h1-4,15-17,20H,5-14H2,(H2,26,28). The molecule has 31 heavy (non-hydrogen) atoms. The van der Waals surface area contributed by atoms with E-state index in [0.29, 0.717) is 41.5 Å². The van der Waals surface area contributed by atoms with E-state index in [2.05, 4.69) is 0 Å². The number of hydrogen-bond acceptors (Lipinski definition) is 4. The first-order chi connectivity index (χ1) is 14.6. The molecular formula is C24H30ClNO4S. The molecule has 0 aliphatic heterocycles. The van der Waals surface area contributed by atoms with Crippen LogP contribution in [0.1, 0.15) is 57.8 Å². The molecule has 2 N–H and O–H groups in total. The fourth-order valence-corrected chi connectivity index (χ4v) is 8.68. The van der Waals surface area contributed by atoms with Crippen LogP contribution in [0.15, 0.2) is 29.2 Å². The Balaban J connectivity index is 1.24. The van der Waals surface area contributed by atoms with Gasteiger partial charge in [-0.3, -0.25) is 9.59 Å². The largest absolute Gasteiger partial charge is 0.369 e. The summed E-state index contributed by atoms with van der Waals surface area (Å²) in [5.41, 5.74) is 4.99. The second-order valence-corrected chi connectivity index (χ2v) is 13.3. The highest BCUT2D eigenvalue weighted by Crippen LogP contribution is 2.63. The predicted molar refractivity (Wildman–Crippen MR) is 118 cm³/mol. The summed E-state index contributed by atoms with van der Waals surface area (Å²) in [5.74, 6) is 1.82. The Hall–Kier alpha value is -1.40. The van der Waals surface area contributed by atoms with Crippen molar-refractivity contribution >= 4 is 33.1 Å². The van der Waals surface area contributed by atoms with E-state index in [1.807, 2.05) is 0 Å². The Morgan fingerprint density at radius 2 is 1.65 bits per heavy atom. The van der Waals surface area contributed by atoms with Gasteiger partial charge in [0.25, 0.3) is 0 Å². The van der Waals surface area contributed by atoms with Crippen LogP contribution in [-0.2, 0) is 19.4 Å². The molecule has 5 fully saturated rings. The zero-order chi connectivity index (χ0) is 22.0. The zero-order valence-electron chi connectivity index (χ0n) is 17.7. The highest BCUT2D eigenvalue weighted by Gasteiger charge is 2.59. The summed E-state index contributed by atoms with van der Waals surface area (Å²) in [7, 11) is -3.43. The van der Waals surface area contributed by atoms with Crippen LogP contribution < -0.4 is 5.73 Å². The highest BCUT2D eigenvalue weighted by molar-refractivity contribution is 7.91. The van der Waals surface area contributed by atoms with Gasteiger partial charge in [-0.15, -0.1) is 0 Å². The first-order valence-electron chi connectivity index (χ1n) is 11.4. The van der Waals surface area contributed by atoms with Gasteiger partial charge in [-0.25, -0.2) is 8.42 Å². The third-order valence-corrected chi connectivity index (χ3v) is 10.9.